The van der Waals surface area contributed by atoms with Crippen molar-refractivity contribution < 1.29 is 17.9 Å². The summed E-state index contributed by atoms with van der Waals surface area (Å²) in [6.45, 7) is 5.48. The molecule has 0 spiro atoms. The Morgan fingerprint density at radius 3 is 2.77 bits per heavy atom. The first-order valence-electron chi connectivity index (χ1n) is 12.1. The van der Waals surface area contributed by atoms with Gasteiger partial charge in [0.15, 0.2) is 0 Å². The van der Waals surface area contributed by atoms with Gasteiger partial charge in [-0.1, -0.05) is 12.1 Å². The number of rotatable bonds is 9. The summed E-state index contributed by atoms with van der Waals surface area (Å²) in [4.78, 5) is 6.40. The zero-order valence-electron chi connectivity index (χ0n) is 20.1. The summed E-state index contributed by atoms with van der Waals surface area (Å²) in [5.74, 6) is 0. The van der Waals surface area contributed by atoms with E-state index < -0.39 is 12.6 Å². The van der Waals surface area contributed by atoms with E-state index in [4.69, 9.17) is 10.5 Å². The summed E-state index contributed by atoms with van der Waals surface area (Å²) in [6, 6.07) is 10.9. The predicted molar refractivity (Wildman–Crippen MR) is 132 cm³/mol. The minimum Gasteiger partial charge on any atom is -0.397 e. The van der Waals surface area contributed by atoms with Gasteiger partial charge < -0.3 is 26.0 Å². The molecule has 6 nitrogen and oxygen atoms in total. The fourth-order valence-corrected chi connectivity index (χ4v) is 4.66. The minimum absolute atomic E-state index is 0.108. The smallest absolute Gasteiger partial charge is 0.393 e. The quantitative estimate of drug-likeness (QED) is 0.495. The van der Waals surface area contributed by atoms with Crippen LogP contribution in [0.15, 0.2) is 48.8 Å². The summed E-state index contributed by atoms with van der Waals surface area (Å²) in [5.41, 5.74) is 8.65. The van der Waals surface area contributed by atoms with E-state index in [0.717, 1.165) is 37.3 Å². The molecule has 0 saturated carbocycles. The van der Waals surface area contributed by atoms with Crippen LogP contribution in [-0.2, 0) is 17.7 Å². The van der Waals surface area contributed by atoms with Gasteiger partial charge in [-0.05, 0) is 56.0 Å². The molecule has 4 rings (SSSR count). The van der Waals surface area contributed by atoms with Gasteiger partial charge in [-0.25, -0.2) is 0 Å². The van der Waals surface area contributed by atoms with E-state index in [1.54, 1.807) is 24.5 Å². The van der Waals surface area contributed by atoms with Crippen LogP contribution in [0.4, 0.5) is 18.9 Å². The van der Waals surface area contributed by atoms with Crippen molar-refractivity contribution in [1.82, 2.24) is 15.6 Å². The monoisotopic (exact) mass is 489 g/mol. The number of hydrogen-bond acceptors (Lipinski definition) is 6. The molecule has 35 heavy (non-hydrogen) atoms. The van der Waals surface area contributed by atoms with Gasteiger partial charge in [-0.2, -0.15) is 13.2 Å². The standard InChI is InChI=1S/C26H34F3N5O/c1-25(33-14-20-6-2-4-10-32-20)17-34(18-25)21-8-9-23(19(12-21)13-26(27,28)29)24(30)16-31-15-22-7-3-5-11-35-22/h2,4,6,8-10,12,16,22,31,33H,3,5,7,11,13-15,17-18,30H2,1H3/b24-16-. The number of nitrogens with zero attached hydrogens (tertiary/aromatic N) is 2. The molecular weight excluding hydrogens is 455 g/mol. The lowest BCUT2D eigenvalue weighted by atomic mass is 9.90. The Morgan fingerprint density at radius 1 is 1.26 bits per heavy atom. The normalized spacial score (nSPS) is 20.4. The molecule has 0 amide bonds. The maximum absolute atomic E-state index is 13.4. The lowest BCUT2D eigenvalue weighted by Gasteiger charge is -2.50. The van der Waals surface area contributed by atoms with E-state index in [0.29, 0.717) is 31.7 Å². The van der Waals surface area contributed by atoms with Crippen molar-refractivity contribution in [2.24, 2.45) is 5.73 Å². The van der Waals surface area contributed by atoms with Gasteiger partial charge in [0, 0.05) is 56.4 Å². The molecule has 2 fully saturated rings. The van der Waals surface area contributed by atoms with E-state index in [-0.39, 0.29) is 22.9 Å². The molecule has 9 heteroatoms. The van der Waals surface area contributed by atoms with Gasteiger partial charge in [0.25, 0.3) is 0 Å². The SMILES string of the molecule is CC1(NCc2ccccn2)CN(c2ccc(/C(N)=C/NCC3CCCCO3)c(CC(F)(F)F)c2)C1. The highest BCUT2D eigenvalue weighted by Crippen LogP contribution is 2.33. The maximum Gasteiger partial charge on any atom is 0.393 e. The Balaban J connectivity index is 1.40. The van der Waals surface area contributed by atoms with Gasteiger partial charge in [0.1, 0.15) is 0 Å². The Hall–Kier alpha value is -2.78. The largest absolute Gasteiger partial charge is 0.397 e. The summed E-state index contributed by atoms with van der Waals surface area (Å²) in [6.07, 6.45) is 1.27. The molecule has 2 aliphatic rings. The van der Waals surface area contributed by atoms with Crippen LogP contribution in [0.2, 0.25) is 0 Å². The van der Waals surface area contributed by atoms with E-state index in [1.165, 1.54) is 0 Å². The zero-order valence-corrected chi connectivity index (χ0v) is 20.1. The number of nitrogens with two attached hydrogens (primary N) is 1. The Morgan fingerprint density at radius 2 is 2.09 bits per heavy atom. The molecule has 1 aromatic carbocycles. The molecule has 190 valence electrons. The fourth-order valence-electron chi connectivity index (χ4n) is 4.66. The second kappa shape index (κ2) is 10.9. The number of benzene rings is 1. The molecule has 0 bridgehead atoms. The number of anilines is 1. The first-order valence-corrected chi connectivity index (χ1v) is 12.1. The second-order valence-corrected chi connectivity index (χ2v) is 9.72. The van der Waals surface area contributed by atoms with Crippen molar-refractivity contribution in [1.29, 1.82) is 0 Å². The molecule has 1 atom stereocenters. The van der Waals surface area contributed by atoms with Crippen LogP contribution in [-0.4, -0.2) is 49.0 Å². The second-order valence-electron chi connectivity index (χ2n) is 9.72. The van der Waals surface area contributed by atoms with Gasteiger partial charge in [0.2, 0.25) is 0 Å². The summed E-state index contributed by atoms with van der Waals surface area (Å²) in [5, 5.41) is 6.64. The number of nitrogens with one attached hydrogen (secondary N) is 2. The van der Waals surface area contributed by atoms with Gasteiger partial charge >= 0.3 is 6.18 Å². The van der Waals surface area contributed by atoms with Crippen LogP contribution in [0.5, 0.6) is 0 Å². The van der Waals surface area contributed by atoms with E-state index in [2.05, 4.69) is 27.4 Å². The summed E-state index contributed by atoms with van der Waals surface area (Å²) in [7, 11) is 0. The van der Waals surface area contributed by atoms with Gasteiger partial charge in [-0.15, -0.1) is 0 Å². The van der Waals surface area contributed by atoms with Crippen molar-refractivity contribution in [3.63, 3.8) is 0 Å². The molecule has 1 unspecified atom stereocenters. The van der Waals surface area contributed by atoms with Crippen molar-refractivity contribution in [3.8, 4) is 0 Å². The highest BCUT2D eigenvalue weighted by Gasteiger charge is 2.39. The average molecular weight is 490 g/mol. The Kier molecular flexibility index (Phi) is 7.86. The van der Waals surface area contributed by atoms with Crippen LogP contribution in [0.1, 0.15) is 43.0 Å². The highest BCUT2D eigenvalue weighted by atomic mass is 19.4. The van der Waals surface area contributed by atoms with E-state index in [9.17, 15) is 13.2 Å². The number of halogens is 3. The van der Waals surface area contributed by atoms with Crippen LogP contribution >= 0.6 is 0 Å². The van der Waals surface area contributed by atoms with Crippen molar-refractivity contribution in [3.05, 3.63) is 65.6 Å². The molecule has 0 radical (unpaired) electrons. The zero-order chi connectivity index (χ0) is 24.9. The third-order valence-electron chi connectivity index (χ3n) is 6.54. The third kappa shape index (κ3) is 7.11. The minimum atomic E-state index is -4.33. The predicted octanol–water partition coefficient (Wildman–Crippen LogP) is 3.97. The Labute approximate surface area is 204 Å². The van der Waals surface area contributed by atoms with E-state index in [1.807, 2.05) is 24.3 Å². The highest BCUT2D eigenvalue weighted by molar-refractivity contribution is 5.69. The van der Waals surface area contributed by atoms with Crippen molar-refractivity contribution >= 4 is 11.4 Å². The molecule has 0 aliphatic carbocycles. The average Bonchev–Trinajstić information content (AvgIpc) is 2.81. The first-order chi connectivity index (χ1) is 16.7. The van der Waals surface area contributed by atoms with Crippen molar-refractivity contribution in [2.75, 3.05) is 31.1 Å². The molecule has 1 aromatic heterocycles. The summed E-state index contributed by atoms with van der Waals surface area (Å²) < 4.78 is 45.8. The number of ether oxygens (including phenoxy) is 1. The van der Waals surface area contributed by atoms with Crippen LogP contribution in [0.25, 0.3) is 5.70 Å². The lowest BCUT2D eigenvalue weighted by molar-refractivity contribution is -0.127. The third-order valence-corrected chi connectivity index (χ3v) is 6.54. The lowest BCUT2D eigenvalue weighted by Crippen LogP contribution is -2.67. The Bertz CT molecular complexity index is 1000. The van der Waals surface area contributed by atoms with Crippen LogP contribution in [0.3, 0.4) is 0 Å². The molecule has 3 heterocycles. The topological polar surface area (TPSA) is 75.4 Å². The molecule has 4 N–H and O–H groups in total. The van der Waals surface area contributed by atoms with Gasteiger partial charge in [0.05, 0.1) is 29.5 Å². The molecule has 2 saturated heterocycles. The number of pyridine rings is 1. The van der Waals surface area contributed by atoms with Gasteiger partial charge in [-0.3, -0.25) is 4.98 Å². The molecular formula is C26H34F3N5O. The molecule has 2 aromatic rings. The summed E-state index contributed by atoms with van der Waals surface area (Å²) >= 11 is 0. The van der Waals surface area contributed by atoms with Crippen LogP contribution < -0.4 is 21.3 Å². The first kappa shape index (κ1) is 25.3. The van der Waals surface area contributed by atoms with Crippen molar-refractivity contribution in [2.45, 2.75) is 57.0 Å². The number of hydrogen-bond donors (Lipinski definition) is 3. The van der Waals surface area contributed by atoms with E-state index >= 15 is 0 Å². The van der Waals surface area contributed by atoms with Crippen LogP contribution in [0, 0.1) is 0 Å². The fraction of sp³-hybridized carbons (Fsp3) is 0.500. The molecule has 2 aliphatic heterocycles. The number of alkyl halides is 3. The number of aromatic nitrogens is 1. The maximum atomic E-state index is 13.4.